The van der Waals surface area contributed by atoms with Crippen molar-refractivity contribution in [2.75, 3.05) is 0 Å². The largest absolute Gasteiger partial charge is 0.489 e. The van der Waals surface area contributed by atoms with Crippen molar-refractivity contribution in [2.24, 2.45) is 4.99 Å². The van der Waals surface area contributed by atoms with Crippen LogP contribution in [0.5, 0.6) is 5.75 Å². The molecule has 0 aliphatic rings. The third-order valence-electron chi connectivity index (χ3n) is 3.27. The Labute approximate surface area is 125 Å². The number of aliphatic imine (C=N–C) groups is 1. The second-order valence-electron chi connectivity index (χ2n) is 5.02. The summed E-state index contributed by atoms with van der Waals surface area (Å²) in [7, 11) is 0. The molecule has 21 heavy (non-hydrogen) atoms. The molecule has 2 nitrogen and oxygen atoms in total. The van der Waals surface area contributed by atoms with Gasteiger partial charge in [-0.3, -0.25) is 4.99 Å². The Balaban J connectivity index is 1.90. The third kappa shape index (κ3) is 5.03. The van der Waals surface area contributed by atoms with Crippen LogP contribution in [0.1, 0.15) is 31.4 Å². The van der Waals surface area contributed by atoms with E-state index in [0.717, 1.165) is 23.3 Å². The van der Waals surface area contributed by atoms with Gasteiger partial charge in [0.2, 0.25) is 0 Å². The van der Waals surface area contributed by atoms with E-state index >= 15 is 0 Å². The lowest BCUT2D eigenvalue weighted by molar-refractivity contribution is 0.306. The maximum absolute atomic E-state index is 12.8. The smallest absolute Gasteiger partial charge is 0.123 e. The van der Waals surface area contributed by atoms with Gasteiger partial charge in [0, 0.05) is 12.3 Å². The van der Waals surface area contributed by atoms with Crippen molar-refractivity contribution >= 4 is 6.21 Å². The minimum atomic E-state index is -0.233. The molecule has 0 radical (unpaired) electrons. The molecule has 0 aromatic heterocycles. The fourth-order valence-corrected chi connectivity index (χ4v) is 1.72. The maximum Gasteiger partial charge on any atom is 0.123 e. The molecular weight excluding hydrogens is 265 g/mol. The predicted octanol–water partition coefficient (Wildman–Crippen LogP) is 4.62. The second-order valence-corrected chi connectivity index (χ2v) is 5.02. The summed E-state index contributed by atoms with van der Waals surface area (Å²) < 4.78 is 18.5. The first-order valence-electron chi connectivity index (χ1n) is 7.18. The Bertz CT molecular complexity index is 575. The molecule has 0 fully saturated rings. The van der Waals surface area contributed by atoms with Crippen molar-refractivity contribution in [2.45, 2.75) is 32.9 Å². The molecule has 2 aromatic rings. The maximum atomic E-state index is 12.8. The highest BCUT2D eigenvalue weighted by Crippen LogP contribution is 2.14. The number of nitrogens with zero attached hydrogens (tertiary/aromatic N) is 1. The molecule has 0 aliphatic carbocycles. The topological polar surface area (TPSA) is 21.6 Å². The average Bonchev–Trinajstić information content (AvgIpc) is 2.53. The number of halogens is 1. The second kappa shape index (κ2) is 7.58. The first-order valence-corrected chi connectivity index (χ1v) is 7.18. The highest BCUT2D eigenvalue weighted by Gasteiger charge is 1.98. The fourth-order valence-electron chi connectivity index (χ4n) is 1.72. The average molecular weight is 285 g/mol. The van der Waals surface area contributed by atoms with Crippen LogP contribution in [0.4, 0.5) is 4.39 Å². The van der Waals surface area contributed by atoms with E-state index in [2.05, 4.69) is 18.8 Å². The lowest BCUT2D eigenvalue weighted by atomic mass is 10.2. The van der Waals surface area contributed by atoms with Gasteiger partial charge in [-0.1, -0.05) is 19.1 Å². The Kier molecular flexibility index (Phi) is 5.50. The predicted molar refractivity (Wildman–Crippen MR) is 84.5 cm³/mol. The number of hydrogen-bond acceptors (Lipinski definition) is 2. The van der Waals surface area contributed by atoms with Crippen LogP contribution in [0.15, 0.2) is 53.5 Å². The van der Waals surface area contributed by atoms with Crippen molar-refractivity contribution in [3.05, 3.63) is 65.5 Å². The van der Waals surface area contributed by atoms with E-state index in [4.69, 9.17) is 4.74 Å². The summed E-state index contributed by atoms with van der Waals surface area (Å²) in [6, 6.07) is 14.5. The molecule has 0 aliphatic heterocycles. The van der Waals surface area contributed by atoms with E-state index < -0.39 is 0 Å². The molecule has 0 amide bonds. The summed E-state index contributed by atoms with van der Waals surface area (Å²) in [4.78, 5) is 4.44. The Hall–Kier alpha value is -2.16. The summed E-state index contributed by atoms with van der Waals surface area (Å²) >= 11 is 0. The minimum Gasteiger partial charge on any atom is -0.489 e. The van der Waals surface area contributed by atoms with Crippen molar-refractivity contribution < 1.29 is 9.13 Å². The molecule has 1 atom stereocenters. The highest BCUT2D eigenvalue weighted by atomic mass is 19.1. The molecule has 110 valence electrons. The van der Waals surface area contributed by atoms with Gasteiger partial charge in [-0.2, -0.15) is 0 Å². The normalized spacial score (nSPS) is 12.5. The molecule has 0 spiro atoms. The molecule has 0 heterocycles. The van der Waals surface area contributed by atoms with E-state index in [1.54, 1.807) is 12.1 Å². The van der Waals surface area contributed by atoms with E-state index in [9.17, 15) is 4.39 Å². The van der Waals surface area contributed by atoms with Crippen LogP contribution in [-0.4, -0.2) is 12.3 Å². The van der Waals surface area contributed by atoms with Crippen LogP contribution in [0.25, 0.3) is 0 Å². The van der Waals surface area contributed by atoms with Gasteiger partial charge < -0.3 is 4.74 Å². The molecule has 3 heteroatoms. The van der Waals surface area contributed by atoms with Crippen LogP contribution in [-0.2, 0) is 6.61 Å². The van der Waals surface area contributed by atoms with Gasteiger partial charge >= 0.3 is 0 Å². The van der Waals surface area contributed by atoms with Gasteiger partial charge in [0.25, 0.3) is 0 Å². The number of hydrogen-bond donors (Lipinski definition) is 0. The summed E-state index contributed by atoms with van der Waals surface area (Å²) in [5.41, 5.74) is 2.00. The van der Waals surface area contributed by atoms with Crippen molar-refractivity contribution in [3.63, 3.8) is 0 Å². The zero-order valence-corrected chi connectivity index (χ0v) is 12.4. The SMILES string of the molecule is CCC(C)N=Cc1ccc(OCc2ccc(F)cc2)cc1. The number of rotatable bonds is 6. The van der Waals surface area contributed by atoms with Crippen LogP contribution in [0.2, 0.25) is 0 Å². The quantitative estimate of drug-likeness (QED) is 0.709. The summed E-state index contributed by atoms with van der Waals surface area (Å²) in [6.45, 7) is 4.64. The zero-order chi connectivity index (χ0) is 15.1. The van der Waals surface area contributed by atoms with Crippen LogP contribution >= 0.6 is 0 Å². The molecule has 0 N–H and O–H groups in total. The Morgan fingerprint density at radius 2 is 1.76 bits per heavy atom. The lowest BCUT2D eigenvalue weighted by Gasteiger charge is -2.06. The minimum absolute atomic E-state index is 0.233. The van der Waals surface area contributed by atoms with Gasteiger partial charge in [-0.15, -0.1) is 0 Å². The monoisotopic (exact) mass is 285 g/mol. The van der Waals surface area contributed by atoms with E-state index in [1.165, 1.54) is 12.1 Å². The van der Waals surface area contributed by atoms with E-state index in [1.807, 2.05) is 30.5 Å². The Morgan fingerprint density at radius 3 is 2.38 bits per heavy atom. The standard InChI is InChI=1S/C18H20FNO/c1-3-14(2)20-12-15-6-10-18(11-7-15)21-13-16-4-8-17(19)9-5-16/h4-12,14H,3,13H2,1-2H3. The van der Waals surface area contributed by atoms with E-state index in [0.29, 0.717) is 12.6 Å². The van der Waals surface area contributed by atoms with E-state index in [-0.39, 0.29) is 5.82 Å². The molecular formula is C18H20FNO. The first-order chi connectivity index (χ1) is 10.2. The van der Waals surface area contributed by atoms with Gasteiger partial charge in [0.05, 0.1) is 0 Å². The van der Waals surface area contributed by atoms with Crippen LogP contribution in [0.3, 0.4) is 0 Å². The molecule has 2 rings (SSSR count). The van der Waals surface area contributed by atoms with Crippen LogP contribution in [0, 0.1) is 5.82 Å². The lowest BCUT2D eigenvalue weighted by Crippen LogP contribution is -1.97. The number of benzene rings is 2. The van der Waals surface area contributed by atoms with Crippen molar-refractivity contribution in [3.8, 4) is 5.75 Å². The van der Waals surface area contributed by atoms with Gasteiger partial charge in [0.1, 0.15) is 18.2 Å². The molecule has 0 bridgehead atoms. The third-order valence-corrected chi connectivity index (χ3v) is 3.27. The van der Waals surface area contributed by atoms with Gasteiger partial charge in [0.15, 0.2) is 0 Å². The molecule has 0 saturated carbocycles. The Morgan fingerprint density at radius 1 is 1.10 bits per heavy atom. The molecule has 2 aromatic carbocycles. The summed E-state index contributed by atoms with van der Waals surface area (Å²) in [6.07, 6.45) is 2.92. The van der Waals surface area contributed by atoms with Gasteiger partial charge in [-0.25, -0.2) is 4.39 Å². The summed E-state index contributed by atoms with van der Waals surface area (Å²) in [5.74, 6) is 0.559. The van der Waals surface area contributed by atoms with Crippen molar-refractivity contribution in [1.82, 2.24) is 0 Å². The molecule has 1 unspecified atom stereocenters. The van der Waals surface area contributed by atoms with Crippen molar-refractivity contribution in [1.29, 1.82) is 0 Å². The summed E-state index contributed by atoms with van der Waals surface area (Å²) in [5, 5.41) is 0. The highest BCUT2D eigenvalue weighted by molar-refractivity contribution is 5.79. The first kappa shape index (κ1) is 15.2. The number of ether oxygens (including phenoxy) is 1. The molecule has 0 saturated heterocycles. The zero-order valence-electron chi connectivity index (χ0n) is 12.4. The van der Waals surface area contributed by atoms with Crippen LogP contribution < -0.4 is 4.74 Å². The van der Waals surface area contributed by atoms with Gasteiger partial charge in [-0.05, 0) is 60.9 Å². The fraction of sp³-hybridized carbons (Fsp3) is 0.278.